The van der Waals surface area contributed by atoms with Crippen LogP contribution >= 0.6 is 12.2 Å². The molecule has 1 unspecified atom stereocenters. The van der Waals surface area contributed by atoms with Crippen molar-refractivity contribution in [3.05, 3.63) is 35.9 Å². The minimum Gasteiger partial charge on any atom is -0.358 e. The molecule has 132 valence electrons. The number of nitrogens with zero attached hydrogens (tertiary/aromatic N) is 2. The summed E-state index contributed by atoms with van der Waals surface area (Å²) in [5.41, 5.74) is 1.19. The van der Waals surface area contributed by atoms with Crippen LogP contribution in [0.2, 0.25) is 0 Å². The van der Waals surface area contributed by atoms with Gasteiger partial charge in [-0.1, -0.05) is 30.3 Å². The maximum absolute atomic E-state index is 12.6. The van der Waals surface area contributed by atoms with E-state index in [-0.39, 0.29) is 11.4 Å². The fraction of sp³-hybridized carbons (Fsp3) is 0.579. The van der Waals surface area contributed by atoms with E-state index in [4.69, 9.17) is 12.2 Å². The van der Waals surface area contributed by atoms with Crippen LogP contribution in [-0.2, 0) is 11.3 Å². The van der Waals surface area contributed by atoms with Gasteiger partial charge < -0.3 is 15.1 Å². The zero-order chi connectivity index (χ0) is 17.7. The number of amides is 1. The first-order valence-corrected chi connectivity index (χ1v) is 9.13. The Morgan fingerprint density at radius 2 is 2.04 bits per heavy atom. The molecule has 0 radical (unpaired) electrons. The molecular formula is C19H29N3OS. The summed E-state index contributed by atoms with van der Waals surface area (Å²) in [5.74, 6) is 0.182. The van der Waals surface area contributed by atoms with E-state index in [2.05, 4.69) is 43.1 Å². The second kappa shape index (κ2) is 7.97. The molecule has 1 heterocycles. The molecule has 0 spiro atoms. The second-order valence-corrected chi connectivity index (χ2v) is 7.59. The third-order valence-electron chi connectivity index (χ3n) is 4.56. The van der Waals surface area contributed by atoms with Crippen LogP contribution < -0.4 is 5.32 Å². The Morgan fingerprint density at radius 1 is 1.38 bits per heavy atom. The summed E-state index contributed by atoms with van der Waals surface area (Å²) >= 11 is 5.49. The van der Waals surface area contributed by atoms with Gasteiger partial charge in [-0.25, -0.2) is 0 Å². The van der Waals surface area contributed by atoms with Crippen molar-refractivity contribution in [1.29, 1.82) is 0 Å². The maximum Gasteiger partial charge on any atom is 0.224 e. The smallest absolute Gasteiger partial charge is 0.224 e. The molecule has 1 saturated heterocycles. The van der Waals surface area contributed by atoms with Gasteiger partial charge in [-0.2, -0.15) is 0 Å². The molecule has 1 aliphatic rings. The number of thiocarbonyl (C=S) groups is 1. The Bertz CT molecular complexity index is 573. The number of rotatable bonds is 6. The zero-order valence-corrected chi connectivity index (χ0v) is 16.0. The second-order valence-electron chi connectivity index (χ2n) is 7.20. The third-order valence-corrected chi connectivity index (χ3v) is 4.90. The van der Waals surface area contributed by atoms with E-state index < -0.39 is 0 Å². The van der Waals surface area contributed by atoms with Crippen LogP contribution in [0.4, 0.5) is 0 Å². The van der Waals surface area contributed by atoms with Gasteiger partial charge in [-0.05, 0) is 51.9 Å². The van der Waals surface area contributed by atoms with E-state index in [0.29, 0.717) is 25.6 Å². The van der Waals surface area contributed by atoms with Crippen molar-refractivity contribution in [3.63, 3.8) is 0 Å². The van der Waals surface area contributed by atoms with E-state index >= 15 is 0 Å². The average Bonchev–Trinajstić information content (AvgIpc) is 2.51. The van der Waals surface area contributed by atoms with Crippen molar-refractivity contribution in [2.75, 3.05) is 13.1 Å². The number of hydrogen-bond donors (Lipinski definition) is 1. The zero-order valence-electron chi connectivity index (χ0n) is 15.2. The Labute approximate surface area is 151 Å². The molecule has 1 aliphatic heterocycles. The molecule has 1 N–H and O–H groups in total. The minimum absolute atomic E-state index is 0.0276. The summed E-state index contributed by atoms with van der Waals surface area (Å²) in [6.45, 7) is 10.6. The van der Waals surface area contributed by atoms with E-state index in [1.165, 1.54) is 0 Å². The molecule has 0 aromatic heterocycles. The largest absolute Gasteiger partial charge is 0.358 e. The number of carbonyl (C=O) groups excluding carboxylic acids is 1. The van der Waals surface area contributed by atoms with Gasteiger partial charge in [0.15, 0.2) is 5.11 Å². The van der Waals surface area contributed by atoms with Gasteiger partial charge in [0.1, 0.15) is 0 Å². The molecule has 0 bridgehead atoms. The molecule has 1 fully saturated rings. The van der Waals surface area contributed by atoms with Crippen LogP contribution in [0.25, 0.3) is 0 Å². The van der Waals surface area contributed by atoms with Crippen LogP contribution in [-0.4, -0.2) is 45.5 Å². The normalized spacial score (nSPS) is 19.8. The molecule has 4 nitrogen and oxygen atoms in total. The van der Waals surface area contributed by atoms with Crippen molar-refractivity contribution in [2.45, 2.75) is 58.7 Å². The van der Waals surface area contributed by atoms with Gasteiger partial charge in [0, 0.05) is 37.6 Å². The van der Waals surface area contributed by atoms with Crippen molar-refractivity contribution in [1.82, 2.24) is 15.1 Å². The lowest BCUT2D eigenvalue weighted by atomic mass is 9.93. The van der Waals surface area contributed by atoms with Crippen molar-refractivity contribution in [2.24, 2.45) is 0 Å². The fourth-order valence-corrected chi connectivity index (χ4v) is 3.89. The third kappa shape index (κ3) is 4.94. The molecule has 1 aromatic rings. The molecule has 1 atom stereocenters. The SMILES string of the molecule is CCN(Cc1ccccc1)C(=O)CCN1C(=S)NC(C)(C)CC1C. The van der Waals surface area contributed by atoms with Gasteiger partial charge in [0.25, 0.3) is 0 Å². The van der Waals surface area contributed by atoms with Gasteiger partial charge >= 0.3 is 0 Å². The fourth-order valence-electron chi connectivity index (χ4n) is 3.34. The summed E-state index contributed by atoms with van der Waals surface area (Å²) in [7, 11) is 0. The van der Waals surface area contributed by atoms with Crippen LogP contribution in [0, 0.1) is 0 Å². The monoisotopic (exact) mass is 347 g/mol. The van der Waals surface area contributed by atoms with Crippen molar-refractivity contribution in [3.8, 4) is 0 Å². The van der Waals surface area contributed by atoms with Gasteiger partial charge in [-0.3, -0.25) is 4.79 Å². The molecule has 1 amide bonds. The van der Waals surface area contributed by atoms with Crippen LogP contribution in [0.5, 0.6) is 0 Å². The predicted molar refractivity (Wildman–Crippen MR) is 103 cm³/mol. The summed E-state index contributed by atoms with van der Waals surface area (Å²) in [6, 6.07) is 10.5. The minimum atomic E-state index is 0.0276. The van der Waals surface area contributed by atoms with Crippen molar-refractivity contribution < 1.29 is 4.79 Å². The standard InChI is InChI=1S/C19H29N3OS/c1-5-21(14-16-9-7-6-8-10-16)17(23)11-12-22-15(2)13-19(3,4)20-18(22)24/h6-10,15H,5,11-14H2,1-4H3,(H,20,24). The highest BCUT2D eigenvalue weighted by atomic mass is 32.1. The number of hydrogen-bond acceptors (Lipinski definition) is 2. The van der Waals surface area contributed by atoms with Gasteiger partial charge in [-0.15, -0.1) is 0 Å². The van der Waals surface area contributed by atoms with E-state index in [1.54, 1.807) is 0 Å². The molecule has 0 saturated carbocycles. The first-order chi connectivity index (χ1) is 11.3. The van der Waals surface area contributed by atoms with E-state index in [0.717, 1.165) is 23.6 Å². The Morgan fingerprint density at radius 3 is 2.62 bits per heavy atom. The molecule has 24 heavy (non-hydrogen) atoms. The number of benzene rings is 1. The first kappa shape index (κ1) is 18.7. The quantitative estimate of drug-likeness (QED) is 0.802. The first-order valence-electron chi connectivity index (χ1n) is 8.73. The Balaban J connectivity index is 1.90. The number of carbonyl (C=O) groups is 1. The van der Waals surface area contributed by atoms with Crippen LogP contribution in [0.1, 0.15) is 46.1 Å². The van der Waals surface area contributed by atoms with Gasteiger partial charge in [0.2, 0.25) is 5.91 Å². The molecule has 1 aromatic carbocycles. The highest BCUT2D eigenvalue weighted by Gasteiger charge is 2.33. The summed E-state index contributed by atoms with van der Waals surface area (Å²) in [6.07, 6.45) is 1.51. The Hall–Kier alpha value is -1.62. The predicted octanol–water partition coefficient (Wildman–Crippen LogP) is 3.17. The maximum atomic E-state index is 12.6. The summed E-state index contributed by atoms with van der Waals surface area (Å²) < 4.78 is 0. The molecule has 5 heteroatoms. The topological polar surface area (TPSA) is 35.6 Å². The lowest BCUT2D eigenvalue weighted by Gasteiger charge is -2.44. The van der Waals surface area contributed by atoms with E-state index in [9.17, 15) is 4.79 Å². The lowest BCUT2D eigenvalue weighted by Crippen LogP contribution is -2.60. The Kier molecular flexibility index (Phi) is 6.21. The highest BCUT2D eigenvalue weighted by Crippen LogP contribution is 2.22. The average molecular weight is 348 g/mol. The lowest BCUT2D eigenvalue weighted by molar-refractivity contribution is -0.131. The van der Waals surface area contributed by atoms with Crippen LogP contribution in [0.15, 0.2) is 30.3 Å². The van der Waals surface area contributed by atoms with Crippen LogP contribution in [0.3, 0.4) is 0 Å². The summed E-state index contributed by atoms with van der Waals surface area (Å²) in [4.78, 5) is 16.7. The number of nitrogens with one attached hydrogen (secondary N) is 1. The molecule has 0 aliphatic carbocycles. The highest BCUT2D eigenvalue weighted by molar-refractivity contribution is 7.80. The van der Waals surface area contributed by atoms with E-state index in [1.807, 2.05) is 30.0 Å². The van der Waals surface area contributed by atoms with Crippen molar-refractivity contribution >= 4 is 23.2 Å². The summed E-state index contributed by atoms with van der Waals surface area (Å²) in [5, 5.41) is 4.14. The molecule has 2 rings (SSSR count). The molecular weight excluding hydrogens is 318 g/mol. The van der Waals surface area contributed by atoms with Gasteiger partial charge in [0.05, 0.1) is 0 Å².